The van der Waals surface area contributed by atoms with Gasteiger partial charge in [-0.2, -0.15) is 0 Å². The fraction of sp³-hybridized carbons (Fsp3) is 0.933. The maximum atomic E-state index is 12.2. The molecule has 3 unspecified atom stereocenters. The van der Waals surface area contributed by atoms with Crippen LogP contribution in [-0.4, -0.2) is 55.9 Å². The monoisotopic (exact) mass is 546 g/mol. The van der Waals surface area contributed by atoms with Gasteiger partial charge in [0.25, 0.3) is 0 Å². The zero-order valence-electron chi connectivity index (χ0n) is 24.7. The van der Waals surface area contributed by atoms with Gasteiger partial charge in [0.05, 0.1) is 45.0 Å². The topological polar surface area (TPSA) is 65.0 Å². The lowest BCUT2D eigenvalue weighted by Crippen LogP contribution is -2.53. The van der Waals surface area contributed by atoms with Crippen LogP contribution in [0.25, 0.3) is 0 Å². The van der Waals surface area contributed by atoms with Crippen LogP contribution in [0.1, 0.15) is 129 Å². The Morgan fingerprint density at radius 1 is 0.838 bits per heavy atom. The second-order valence-corrected chi connectivity index (χ2v) is 12.9. The molecule has 220 valence electrons. The predicted molar refractivity (Wildman–Crippen MR) is 156 cm³/mol. The number of nitrogens with zero attached hydrogens (tertiary/aromatic N) is 1. The average Bonchev–Trinajstić information content (AvgIpc) is 2.86. The third-order valence-corrected chi connectivity index (χ3v) is 8.85. The number of hydrogen-bond donors (Lipinski definition) is 1. The summed E-state index contributed by atoms with van der Waals surface area (Å²) in [5, 5.41) is 0. The molecule has 0 bridgehead atoms. The second kappa shape index (κ2) is 21.4. The number of piperidine rings is 1. The first-order valence-electron chi connectivity index (χ1n) is 15.6. The SMILES string of the molecule is C=C(OCC)C1CCC[N+](C)(CCOP(=O)(O)OCCCCCCCCCCCCCCCCCC)C1. The van der Waals surface area contributed by atoms with E-state index in [4.69, 9.17) is 13.8 Å². The van der Waals surface area contributed by atoms with Gasteiger partial charge in [-0.05, 0) is 26.2 Å². The molecule has 1 saturated heterocycles. The summed E-state index contributed by atoms with van der Waals surface area (Å²) in [4.78, 5) is 10.0. The molecular weight excluding hydrogens is 485 g/mol. The van der Waals surface area contributed by atoms with Gasteiger partial charge in [-0.15, -0.1) is 0 Å². The lowest BCUT2D eigenvalue weighted by Gasteiger charge is -2.41. The molecule has 3 atom stereocenters. The quantitative estimate of drug-likeness (QED) is 0.0536. The van der Waals surface area contributed by atoms with Gasteiger partial charge in [0.1, 0.15) is 13.2 Å². The molecule has 1 fully saturated rings. The lowest BCUT2D eigenvalue weighted by atomic mass is 9.95. The molecule has 0 aromatic heterocycles. The van der Waals surface area contributed by atoms with Gasteiger partial charge in [0.2, 0.25) is 0 Å². The molecule has 0 amide bonds. The number of likely N-dealkylation sites (N-methyl/N-ethyl adjacent to an activating group) is 1. The van der Waals surface area contributed by atoms with Crippen molar-refractivity contribution in [2.45, 2.75) is 129 Å². The van der Waals surface area contributed by atoms with Crippen molar-refractivity contribution in [1.29, 1.82) is 0 Å². The minimum atomic E-state index is -3.98. The van der Waals surface area contributed by atoms with E-state index in [1.165, 1.54) is 89.9 Å². The maximum absolute atomic E-state index is 12.2. The molecule has 1 aliphatic heterocycles. The van der Waals surface area contributed by atoms with Crippen molar-refractivity contribution in [1.82, 2.24) is 0 Å². The van der Waals surface area contributed by atoms with Crippen LogP contribution in [0.3, 0.4) is 0 Å². The number of ether oxygens (including phenoxy) is 1. The fourth-order valence-corrected chi connectivity index (χ4v) is 6.19. The van der Waals surface area contributed by atoms with Gasteiger partial charge >= 0.3 is 7.82 Å². The molecule has 0 saturated carbocycles. The highest BCUT2D eigenvalue weighted by Gasteiger charge is 2.34. The van der Waals surface area contributed by atoms with E-state index in [-0.39, 0.29) is 13.2 Å². The van der Waals surface area contributed by atoms with Crippen molar-refractivity contribution in [3.8, 4) is 0 Å². The molecule has 0 spiro atoms. The number of rotatable bonds is 25. The highest BCUT2D eigenvalue weighted by atomic mass is 31.2. The van der Waals surface area contributed by atoms with E-state index >= 15 is 0 Å². The molecule has 37 heavy (non-hydrogen) atoms. The van der Waals surface area contributed by atoms with Crippen molar-refractivity contribution in [2.75, 3.05) is 46.5 Å². The Morgan fingerprint density at radius 3 is 1.84 bits per heavy atom. The smallest absolute Gasteiger partial charge is 0.472 e. The number of phosphoric ester groups is 1. The molecule has 0 aromatic rings. The summed E-state index contributed by atoms with van der Waals surface area (Å²) in [6.07, 6.45) is 23.1. The lowest BCUT2D eigenvalue weighted by molar-refractivity contribution is -0.917. The third kappa shape index (κ3) is 18.5. The van der Waals surface area contributed by atoms with Gasteiger partial charge in [-0.1, -0.05) is 110 Å². The Hall–Kier alpha value is -0.390. The first-order valence-corrected chi connectivity index (χ1v) is 17.1. The summed E-state index contributed by atoms with van der Waals surface area (Å²) in [5.74, 6) is 1.20. The van der Waals surface area contributed by atoms with Gasteiger partial charge in [-0.25, -0.2) is 4.57 Å². The van der Waals surface area contributed by atoms with Crippen molar-refractivity contribution >= 4 is 7.82 Å². The van der Waals surface area contributed by atoms with Crippen LogP contribution in [0.4, 0.5) is 0 Å². The minimum Gasteiger partial charge on any atom is -0.498 e. The molecular formula is C30H61NO5P+. The van der Waals surface area contributed by atoms with E-state index in [0.717, 1.165) is 49.0 Å². The zero-order valence-corrected chi connectivity index (χ0v) is 25.6. The van der Waals surface area contributed by atoms with E-state index in [9.17, 15) is 9.46 Å². The number of likely N-dealkylation sites (tertiary alicyclic amines) is 1. The third-order valence-electron chi connectivity index (χ3n) is 7.83. The summed E-state index contributed by atoms with van der Waals surface area (Å²) in [6.45, 7) is 12.1. The van der Waals surface area contributed by atoms with E-state index in [1.807, 2.05) is 6.92 Å². The molecule has 7 heteroatoms. The van der Waals surface area contributed by atoms with Crippen LogP contribution >= 0.6 is 7.82 Å². The van der Waals surface area contributed by atoms with Crippen molar-refractivity contribution in [3.63, 3.8) is 0 Å². The van der Waals surface area contributed by atoms with Gasteiger partial charge in [0.15, 0.2) is 0 Å². The summed E-state index contributed by atoms with van der Waals surface area (Å²) < 4.78 is 29.2. The van der Waals surface area contributed by atoms with E-state index < -0.39 is 7.82 Å². The van der Waals surface area contributed by atoms with Crippen LogP contribution in [-0.2, 0) is 18.3 Å². The average molecular weight is 547 g/mol. The highest BCUT2D eigenvalue weighted by molar-refractivity contribution is 7.47. The summed E-state index contributed by atoms with van der Waals surface area (Å²) >= 11 is 0. The number of quaternary nitrogens is 1. The van der Waals surface area contributed by atoms with Gasteiger partial charge in [0, 0.05) is 0 Å². The van der Waals surface area contributed by atoms with Crippen LogP contribution in [0.5, 0.6) is 0 Å². The molecule has 1 aliphatic rings. The molecule has 1 N–H and O–H groups in total. The van der Waals surface area contributed by atoms with Crippen molar-refractivity contribution in [2.24, 2.45) is 5.92 Å². The van der Waals surface area contributed by atoms with Crippen LogP contribution in [0.2, 0.25) is 0 Å². The molecule has 0 radical (unpaired) electrons. The fourth-order valence-electron chi connectivity index (χ4n) is 5.45. The minimum absolute atomic E-state index is 0.219. The van der Waals surface area contributed by atoms with Crippen molar-refractivity contribution in [3.05, 3.63) is 12.3 Å². The Kier molecular flexibility index (Phi) is 20.1. The van der Waals surface area contributed by atoms with E-state index in [2.05, 4.69) is 20.6 Å². The Balaban J connectivity index is 1.96. The molecule has 0 aromatic carbocycles. The number of unbranched alkanes of at least 4 members (excludes halogenated alkanes) is 15. The first-order chi connectivity index (χ1) is 17.8. The normalized spacial score (nSPS) is 21.6. The van der Waals surface area contributed by atoms with E-state index in [1.54, 1.807) is 0 Å². The van der Waals surface area contributed by atoms with E-state index in [0.29, 0.717) is 19.1 Å². The molecule has 6 nitrogen and oxygen atoms in total. The second-order valence-electron chi connectivity index (χ2n) is 11.4. The molecule has 1 heterocycles. The Morgan fingerprint density at radius 2 is 1.32 bits per heavy atom. The van der Waals surface area contributed by atoms with Gasteiger partial charge < -0.3 is 14.1 Å². The molecule has 1 rings (SSSR count). The first kappa shape index (κ1) is 34.6. The van der Waals surface area contributed by atoms with Crippen LogP contribution in [0.15, 0.2) is 12.3 Å². The maximum Gasteiger partial charge on any atom is 0.472 e. The van der Waals surface area contributed by atoms with Gasteiger partial charge in [-0.3, -0.25) is 9.05 Å². The Labute approximate surface area is 229 Å². The summed E-state index contributed by atoms with van der Waals surface area (Å²) in [7, 11) is -1.80. The van der Waals surface area contributed by atoms with Crippen LogP contribution in [0, 0.1) is 5.92 Å². The standard InChI is InChI=1S/C30H60NO5P/c1-5-7-8-9-10-11-12-13-14-15-16-17-18-19-20-21-26-35-37(32,33)36-27-25-31(4)24-22-23-30(28-31)29(3)34-6-2/h30H,3,5-28H2,1-2,4H3/p+1. The van der Waals surface area contributed by atoms with Crippen LogP contribution < -0.4 is 0 Å². The molecule has 0 aliphatic carbocycles. The summed E-state index contributed by atoms with van der Waals surface area (Å²) in [5.41, 5.74) is 0. The van der Waals surface area contributed by atoms with Crippen molar-refractivity contribution < 1.29 is 27.7 Å². The number of hydrogen-bond acceptors (Lipinski definition) is 4. The number of phosphoric acid groups is 1. The highest BCUT2D eigenvalue weighted by Crippen LogP contribution is 2.43. The zero-order chi connectivity index (χ0) is 27.2. The summed E-state index contributed by atoms with van der Waals surface area (Å²) in [6, 6.07) is 0. The Bertz CT molecular complexity index is 617. The predicted octanol–water partition coefficient (Wildman–Crippen LogP) is 8.79. The largest absolute Gasteiger partial charge is 0.498 e.